The standard InChI is InChI=1S/C28H35N5O3/c1-17-10-21(15-29-14-17)33(26(36)27(2,3)4)16-23(34)31-20-8-7-18-12-28(13-19(18)11-20)22-6-5-9-30-24(22)32-25(28)35/h5-9,11,17,21,29H,10,12-16H2,1-4H3,(H,31,34)(H,30,32,35)/t17?,21-,28+/m0/s1. The van der Waals surface area contributed by atoms with Gasteiger partial charge in [0.05, 0.1) is 5.41 Å². The van der Waals surface area contributed by atoms with Crippen LogP contribution in [0, 0.1) is 11.3 Å². The molecule has 0 radical (unpaired) electrons. The zero-order chi connectivity index (χ0) is 25.7. The maximum atomic E-state index is 13.3. The third-order valence-corrected chi connectivity index (χ3v) is 7.67. The van der Waals surface area contributed by atoms with E-state index in [1.807, 2.05) is 51.1 Å². The fourth-order valence-corrected chi connectivity index (χ4v) is 5.86. The van der Waals surface area contributed by atoms with Gasteiger partial charge in [-0.05, 0) is 61.1 Å². The predicted octanol–water partition coefficient (Wildman–Crippen LogP) is 2.88. The predicted molar refractivity (Wildman–Crippen MR) is 139 cm³/mol. The van der Waals surface area contributed by atoms with Crippen molar-refractivity contribution >= 4 is 29.2 Å². The summed E-state index contributed by atoms with van der Waals surface area (Å²) in [5.74, 6) is 0.823. The molecule has 1 aliphatic carbocycles. The molecule has 2 aliphatic heterocycles. The van der Waals surface area contributed by atoms with E-state index in [1.165, 1.54) is 0 Å². The van der Waals surface area contributed by atoms with Gasteiger partial charge in [0.2, 0.25) is 17.7 Å². The van der Waals surface area contributed by atoms with Crippen molar-refractivity contribution in [2.24, 2.45) is 11.3 Å². The van der Waals surface area contributed by atoms with Gasteiger partial charge in [-0.25, -0.2) is 4.98 Å². The summed E-state index contributed by atoms with van der Waals surface area (Å²) in [6.07, 6.45) is 3.74. The second kappa shape index (κ2) is 9.00. The van der Waals surface area contributed by atoms with Crippen LogP contribution in [0.5, 0.6) is 0 Å². The Balaban J connectivity index is 1.32. The summed E-state index contributed by atoms with van der Waals surface area (Å²) in [4.78, 5) is 45.4. The summed E-state index contributed by atoms with van der Waals surface area (Å²) in [5, 5.41) is 9.32. The number of anilines is 2. The Bertz CT molecular complexity index is 1220. The zero-order valence-corrected chi connectivity index (χ0v) is 21.5. The summed E-state index contributed by atoms with van der Waals surface area (Å²) in [6.45, 7) is 9.47. The third-order valence-electron chi connectivity index (χ3n) is 7.67. The molecule has 36 heavy (non-hydrogen) atoms. The van der Waals surface area contributed by atoms with Gasteiger partial charge in [0.1, 0.15) is 12.4 Å². The summed E-state index contributed by atoms with van der Waals surface area (Å²) in [5.41, 5.74) is 2.55. The molecular weight excluding hydrogens is 454 g/mol. The Morgan fingerprint density at radius 1 is 1.17 bits per heavy atom. The Morgan fingerprint density at radius 3 is 2.69 bits per heavy atom. The molecule has 8 heteroatoms. The summed E-state index contributed by atoms with van der Waals surface area (Å²) >= 11 is 0. The number of hydrogen-bond acceptors (Lipinski definition) is 5. The first kappa shape index (κ1) is 24.4. The average molecular weight is 490 g/mol. The third kappa shape index (κ3) is 4.39. The minimum absolute atomic E-state index is 0.0116. The van der Waals surface area contributed by atoms with E-state index < -0.39 is 10.8 Å². The molecule has 2 aromatic rings. The maximum Gasteiger partial charge on any atom is 0.244 e. The molecule has 8 nitrogen and oxygen atoms in total. The van der Waals surface area contributed by atoms with Crippen LogP contribution in [0.1, 0.15) is 50.8 Å². The Labute approximate surface area is 212 Å². The molecule has 5 rings (SSSR count). The fourth-order valence-electron chi connectivity index (χ4n) is 5.86. The van der Waals surface area contributed by atoms with Crippen molar-refractivity contribution in [3.8, 4) is 0 Å². The van der Waals surface area contributed by atoms with Gasteiger partial charge < -0.3 is 20.9 Å². The lowest BCUT2D eigenvalue weighted by atomic mass is 9.79. The number of rotatable bonds is 4. The number of amides is 3. The van der Waals surface area contributed by atoms with Crippen LogP contribution < -0.4 is 16.0 Å². The number of pyridine rings is 1. The summed E-state index contributed by atoms with van der Waals surface area (Å²) in [7, 11) is 0. The highest BCUT2D eigenvalue weighted by Gasteiger charge is 2.51. The van der Waals surface area contributed by atoms with Gasteiger partial charge >= 0.3 is 0 Å². The Kier molecular flexibility index (Phi) is 6.11. The molecule has 1 spiro atoms. The van der Waals surface area contributed by atoms with E-state index in [0.717, 1.165) is 29.7 Å². The van der Waals surface area contributed by atoms with E-state index in [4.69, 9.17) is 0 Å². The first-order valence-corrected chi connectivity index (χ1v) is 12.8. The molecule has 1 aromatic heterocycles. The molecule has 0 bridgehead atoms. The average Bonchev–Trinajstić information content (AvgIpc) is 3.34. The van der Waals surface area contributed by atoms with Crippen LogP contribution >= 0.6 is 0 Å². The van der Waals surface area contributed by atoms with Crippen LogP contribution in [-0.4, -0.2) is 53.3 Å². The van der Waals surface area contributed by atoms with E-state index in [9.17, 15) is 14.4 Å². The number of nitrogens with one attached hydrogen (secondary N) is 3. The largest absolute Gasteiger partial charge is 0.329 e. The van der Waals surface area contributed by atoms with E-state index in [1.54, 1.807) is 11.1 Å². The maximum absolute atomic E-state index is 13.3. The molecule has 1 unspecified atom stereocenters. The van der Waals surface area contributed by atoms with Crippen molar-refractivity contribution in [3.63, 3.8) is 0 Å². The fraction of sp³-hybridized carbons (Fsp3) is 0.500. The minimum Gasteiger partial charge on any atom is -0.329 e. The quantitative estimate of drug-likeness (QED) is 0.613. The van der Waals surface area contributed by atoms with E-state index >= 15 is 0 Å². The normalized spacial score (nSPS) is 24.7. The van der Waals surface area contributed by atoms with Crippen molar-refractivity contribution in [1.82, 2.24) is 15.2 Å². The second-order valence-corrected chi connectivity index (χ2v) is 11.7. The minimum atomic E-state index is -0.644. The molecule has 3 atom stereocenters. The molecule has 1 saturated heterocycles. The lowest BCUT2D eigenvalue weighted by molar-refractivity contribution is -0.145. The first-order valence-electron chi connectivity index (χ1n) is 12.8. The highest BCUT2D eigenvalue weighted by Crippen LogP contribution is 2.46. The number of aromatic nitrogens is 1. The zero-order valence-electron chi connectivity index (χ0n) is 21.5. The van der Waals surface area contributed by atoms with Crippen LogP contribution in [0.15, 0.2) is 36.5 Å². The Hall–Kier alpha value is -3.26. The van der Waals surface area contributed by atoms with E-state index in [-0.39, 0.29) is 30.3 Å². The number of nitrogens with zero attached hydrogens (tertiary/aromatic N) is 2. The number of piperidine rings is 1. The molecule has 0 saturated carbocycles. The molecular formula is C28H35N5O3. The van der Waals surface area contributed by atoms with Crippen LogP contribution in [0.4, 0.5) is 11.5 Å². The van der Waals surface area contributed by atoms with Crippen LogP contribution in [0.25, 0.3) is 0 Å². The Morgan fingerprint density at radius 2 is 1.94 bits per heavy atom. The lowest BCUT2D eigenvalue weighted by Crippen LogP contribution is -2.55. The van der Waals surface area contributed by atoms with Crippen molar-refractivity contribution < 1.29 is 14.4 Å². The molecule has 3 aliphatic rings. The van der Waals surface area contributed by atoms with Gasteiger partial charge in [-0.15, -0.1) is 0 Å². The summed E-state index contributed by atoms with van der Waals surface area (Å²) < 4.78 is 0. The van der Waals surface area contributed by atoms with E-state index in [0.29, 0.717) is 36.8 Å². The van der Waals surface area contributed by atoms with Gasteiger partial charge in [0.25, 0.3) is 0 Å². The molecule has 3 N–H and O–H groups in total. The number of carbonyl (C=O) groups excluding carboxylic acids is 3. The van der Waals surface area contributed by atoms with Gasteiger partial charge in [-0.2, -0.15) is 0 Å². The van der Waals surface area contributed by atoms with Crippen molar-refractivity contribution in [2.75, 3.05) is 30.3 Å². The number of carbonyl (C=O) groups is 3. The number of fused-ring (bicyclic) bond motifs is 3. The highest BCUT2D eigenvalue weighted by atomic mass is 16.2. The molecule has 1 aromatic carbocycles. The van der Waals surface area contributed by atoms with Gasteiger partial charge in [-0.1, -0.05) is 39.8 Å². The molecule has 190 valence electrons. The second-order valence-electron chi connectivity index (χ2n) is 11.7. The van der Waals surface area contributed by atoms with Crippen LogP contribution in [-0.2, 0) is 32.6 Å². The van der Waals surface area contributed by atoms with Crippen LogP contribution in [0.3, 0.4) is 0 Å². The van der Waals surface area contributed by atoms with Crippen molar-refractivity contribution in [3.05, 3.63) is 53.2 Å². The van der Waals surface area contributed by atoms with Crippen LogP contribution in [0.2, 0.25) is 0 Å². The van der Waals surface area contributed by atoms with Gasteiger partial charge in [-0.3, -0.25) is 14.4 Å². The summed E-state index contributed by atoms with van der Waals surface area (Å²) in [6, 6.07) is 9.66. The van der Waals surface area contributed by atoms with E-state index in [2.05, 4.69) is 27.9 Å². The molecule has 3 amide bonds. The topological polar surface area (TPSA) is 103 Å². The first-order chi connectivity index (χ1) is 17.1. The van der Waals surface area contributed by atoms with Crippen molar-refractivity contribution in [1.29, 1.82) is 0 Å². The number of benzene rings is 1. The monoisotopic (exact) mass is 489 g/mol. The highest BCUT2D eigenvalue weighted by molar-refractivity contribution is 6.06. The van der Waals surface area contributed by atoms with Crippen molar-refractivity contribution in [2.45, 2.75) is 58.4 Å². The molecule has 1 fully saturated rings. The van der Waals surface area contributed by atoms with Gasteiger partial charge in [0.15, 0.2) is 0 Å². The molecule has 3 heterocycles. The SMILES string of the molecule is CC1CNC[C@@H](N(CC(=O)Nc2ccc3c(c2)C[C@@]2(C3)C(=O)Nc3ncccc32)C(=O)C(C)(C)C)C1. The van der Waals surface area contributed by atoms with Gasteiger partial charge in [0, 0.05) is 35.4 Å². The number of hydrogen-bond donors (Lipinski definition) is 3. The lowest BCUT2D eigenvalue weighted by Gasteiger charge is -2.39. The smallest absolute Gasteiger partial charge is 0.244 e.